The molecule has 1 saturated heterocycles. The lowest BCUT2D eigenvalue weighted by molar-refractivity contribution is -0.115. The van der Waals surface area contributed by atoms with E-state index in [0.717, 1.165) is 36.1 Å². The quantitative estimate of drug-likeness (QED) is 0.785. The minimum Gasteiger partial charge on any atom is -0.376 e. The van der Waals surface area contributed by atoms with E-state index in [1.165, 1.54) is 0 Å². The number of sulfonamides is 1. The van der Waals surface area contributed by atoms with E-state index in [4.69, 9.17) is 0 Å². The highest BCUT2D eigenvalue weighted by Crippen LogP contribution is 2.30. The third-order valence-electron chi connectivity index (χ3n) is 5.29. The second-order valence-electron chi connectivity index (χ2n) is 7.69. The summed E-state index contributed by atoms with van der Waals surface area (Å²) in [7, 11) is 0.168. The standard InChI is InChI=1S/C22H29N3O3S/c1-17-9-5-6-10-18(17)15-22(26)23-20-16-19(11-12-21(20)24(2)3)29(27,28)25-13-7-4-8-14-25/h5-6,9-12,16H,4,7-8,13-15H2,1-3H3,(H,23,26). The van der Waals surface area contributed by atoms with E-state index < -0.39 is 10.0 Å². The zero-order valence-corrected chi connectivity index (χ0v) is 18.1. The van der Waals surface area contributed by atoms with Gasteiger partial charge in [0.1, 0.15) is 0 Å². The number of hydrogen-bond acceptors (Lipinski definition) is 4. The Kier molecular flexibility index (Phi) is 6.59. The molecule has 0 spiro atoms. The molecule has 1 heterocycles. The van der Waals surface area contributed by atoms with Gasteiger partial charge in [-0.1, -0.05) is 30.7 Å². The first-order valence-electron chi connectivity index (χ1n) is 9.95. The maximum atomic E-state index is 13.0. The second-order valence-corrected chi connectivity index (χ2v) is 9.63. The number of carbonyl (C=O) groups excluding carboxylic acids is 1. The highest BCUT2D eigenvalue weighted by Gasteiger charge is 2.27. The van der Waals surface area contributed by atoms with Crippen LogP contribution in [0.15, 0.2) is 47.4 Å². The third kappa shape index (κ3) is 4.97. The van der Waals surface area contributed by atoms with Gasteiger partial charge in [0, 0.05) is 27.2 Å². The molecule has 0 saturated carbocycles. The Bertz CT molecular complexity index is 981. The zero-order chi connectivity index (χ0) is 21.0. The smallest absolute Gasteiger partial charge is 0.243 e. The predicted octanol–water partition coefficient (Wildman–Crippen LogP) is 3.42. The molecule has 1 aliphatic rings. The Morgan fingerprint density at radius 2 is 1.76 bits per heavy atom. The van der Waals surface area contributed by atoms with E-state index in [2.05, 4.69) is 5.32 Å². The van der Waals surface area contributed by atoms with Gasteiger partial charge in [-0.3, -0.25) is 4.79 Å². The Hall–Kier alpha value is -2.38. The molecule has 3 rings (SSSR count). The average Bonchev–Trinajstić information content (AvgIpc) is 2.70. The number of rotatable bonds is 6. The first-order chi connectivity index (χ1) is 13.8. The minimum atomic E-state index is -3.56. The Morgan fingerprint density at radius 3 is 2.41 bits per heavy atom. The first-order valence-corrected chi connectivity index (χ1v) is 11.4. The highest BCUT2D eigenvalue weighted by molar-refractivity contribution is 7.89. The molecule has 0 atom stereocenters. The van der Waals surface area contributed by atoms with Gasteiger partial charge >= 0.3 is 0 Å². The molecule has 7 heteroatoms. The molecule has 6 nitrogen and oxygen atoms in total. The molecular formula is C22H29N3O3S. The summed E-state index contributed by atoms with van der Waals surface area (Å²) in [6.07, 6.45) is 3.07. The summed E-state index contributed by atoms with van der Waals surface area (Å²) in [4.78, 5) is 14.8. The van der Waals surface area contributed by atoms with Gasteiger partial charge in [0.15, 0.2) is 0 Å². The second kappa shape index (κ2) is 8.97. The number of nitrogens with one attached hydrogen (secondary N) is 1. The molecule has 29 heavy (non-hydrogen) atoms. The molecule has 0 aliphatic carbocycles. The molecule has 1 amide bonds. The molecule has 1 fully saturated rings. The van der Waals surface area contributed by atoms with Gasteiger partial charge in [-0.2, -0.15) is 4.31 Å². The topological polar surface area (TPSA) is 69.7 Å². The van der Waals surface area contributed by atoms with Crippen LogP contribution >= 0.6 is 0 Å². The summed E-state index contributed by atoms with van der Waals surface area (Å²) in [5, 5.41) is 2.92. The van der Waals surface area contributed by atoms with Gasteiger partial charge in [-0.05, 0) is 49.1 Å². The zero-order valence-electron chi connectivity index (χ0n) is 17.3. The first kappa shape index (κ1) is 21.3. The largest absolute Gasteiger partial charge is 0.376 e. The number of nitrogens with zero attached hydrogens (tertiary/aromatic N) is 2. The lowest BCUT2D eigenvalue weighted by Gasteiger charge is -2.26. The van der Waals surface area contributed by atoms with Crippen LogP contribution in [0.2, 0.25) is 0 Å². The van der Waals surface area contributed by atoms with Crippen LogP contribution in [-0.4, -0.2) is 45.8 Å². The number of piperidine rings is 1. The SMILES string of the molecule is Cc1ccccc1CC(=O)Nc1cc(S(=O)(=O)N2CCCCC2)ccc1N(C)C. The van der Waals surface area contributed by atoms with Crippen molar-refractivity contribution < 1.29 is 13.2 Å². The van der Waals surface area contributed by atoms with Crippen LogP contribution in [0.4, 0.5) is 11.4 Å². The van der Waals surface area contributed by atoms with Crippen LogP contribution in [0.1, 0.15) is 30.4 Å². The van der Waals surface area contributed by atoms with Crippen LogP contribution in [0, 0.1) is 6.92 Å². The number of hydrogen-bond donors (Lipinski definition) is 1. The maximum absolute atomic E-state index is 13.0. The molecule has 0 aromatic heterocycles. The minimum absolute atomic E-state index is 0.171. The van der Waals surface area contributed by atoms with Crippen molar-refractivity contribution in [3.8, 4) is 0 Å². The number of anilines is 2. The van der Waals surface area contributed by atoms with Crippen LogP contribution in [0.5, 0.6) is 0 Å². The van der Waals surface area contributed by atoms with Gasteiger partial charge in [0.05, 0.1) is 22.7 Å². The van der Waals surface area contributed by atoms with Crippen LogP contribution in [0.3, 0.4) is 0 Å². The number of aryl methyl sites for hydroxylation is 1. The van der Waals surface area contributed by atoms with E-state index in [9.17, 15) is 13.2 Å². The number of carbonyl (C=O) groups is 1. The van der Waals surface area contributed by atoms with Crippen LogP contribution in [-0.2, 0) is 21.2 Å². The molecular weight excluding hydrogens is 386 g/mol. The number of benzene rings is 2. The van der Waals surface area contributed by atoms with Crippen LogP contribution < -0.4 is 10.2 Å². The predicted molar refractivity (Wildman–Crippen MR) is 117 cm³/mol. The fraction of sp³-hybridized carbons (Fsp3) is 0.409. The normalized spacial score (nSPS) is 15.1. The maximum Gasteiger partial charge on any atom is 0.243 e. The Balaban J connectivity index is 1.87. The van der Waals surface area contributed by atoms with Gasteiger partial charge in [-0.25, -0.2) is 8.42 Å². The lowest BCUT2D eigenvalue weighted by Crippen LogP contribution is -2.35. The number of amides is 1. The van der Waals surface area contributed by atoms with Crippen molar-refractivity contribution in [1.82, 2.24) is 4.31 Å². The Morgan fingerprint density at radius 1 is 1.07 bits per heavy atom. The summed E-state index contributed by atoms with van der Waals surface area (Å²) in [5.74, 6) is -0.171. The van der Waals surface area contributed by atoms with Crippen LogP contribution in [0.25, 0.3) is 0 Å². The van der Waals surface area contributed by atoms with Crippen molar-refractivity contribution in [2.24, 2.45) is 0 Å². The average molecular weight is 416 g/mol. The molecule has 0 radical (unpaired) electrons. The lowest BCUT2D eigenvalue weighted by atomic mass is 10.1. The summed E-state index contributed by atoms with van der Waals surface area (Å²) in [6, 6.07) is 12.7. The molecule has 2 aromatic carbocycles. The van der Waals surface area contributed by atoms with E-state index in [-0.39, 0.29) is 17.2 Å². The van der Waals surface area contributed by atoms with Crippen molar-refractivity contribution in [2.45, 2.75) is 37.5 Å². The highest BCUT2D eigenvalue weighted by atomic mass is 32.2. The molecule has 0 unspecified atom stereocenters. The molecule has 2 aromatic rings. The van der Waals surface area contributed by atoms with Crippen molar-refractivity contribution in [3.05, 3.63) is 53.6 Å². The third-order valence-corrected chi connectivity index (χ3v) is 7.18. The van der Waals surface area contributed by atoms with Gasteiger partial charge in [-0.15, -0.1) is 0 Å². The fourth-order valence-electron chi connectivity index (χ4n) is 3.60. The van der Waals surface area contributed by atoms with Crippen molar-refractivity contribution in [3.63, 3.8) is 0 Å². The monoisotopic (exact) mass is 415 g/mol. The Labute approximate surface area is 173 Å². The van der Waals surface area contributed by atoms with E-state index in [1.54, 1.807) is 22.5 Å². The molecule has 1 aliphatic heterocycles. The van der Waals surface area contributed by atoms with E-state index in [0.29, 0.717) is 18.8 Å². The summed E-state index contributed by atoms with van der Waals surface area (Å²) >= 11 is 0. The van der Waals surface area contributed by atoms with Gasteiger partial charge < -0.3 is 10.2 Å². The summed E-state index contributed by atoms with van der Waals surface area (Å²) < 4.78 is 27.6. The molecule has 0 bridgehead atoms. The van der Waals surface area contributed by atoms with Gasteiger partial charge in [0.2, 0.25) is 15.9 Å². The van der Waals surface area contributed by atoms with E-state index >= 15 is 0 Å². The summed E-state index contributed by atoms with van der Waals surface area (Å²) in [5.41, 5.74) is 3.28. The molecule has 1 N–H and O–H groups in total. The van der Waals surface area contributed by atoms with E-state index in [1.807, 2.05) is 50.2 Å². The van der Waals surface area contributed by atoms with Crippen molar-refractivity contribution in [1.29, 1.82) is 0 Å². The molecule has 156 valence electrons. The van der Waals surface area contributed by atoms with Crippen molar-refractivity contribution in [2.75, 3.05) is 37.4 Å². The summed E-state index contributed by atoms with van der Waals surface area (Å²) in [6.45, 7) is 3.07. The fourth-order valence-corrected chi connectivity index (χ4v) is 5.14. The van der Waals surface area contributed by atoms with Crippen molar-refractivity contribution >= 4 is 27.3 Å². The van der Waals surface area contributed by atoms with Gasteiger partial charge in [0.25, 0.3) is 0 Å².